The Bertz CT molecular complexity index is 865. The van der Waals surface area contributed by atoms with Crippen LogP contribution in [0.4, 0.5) is 14.5 Å². The zero-order valence-corrected chi connectivity index (χ0v) is 14.9. The number of thioether (sulfide) groups is 1. The number of halogens is 2. The molecule has 2 aromatic rings. The Kier molecular flexibility index (Phi) is 4.55. The summed E-state index contributed by atoms with van der Waals surface area (Å²) in [6.45, 7) is 1.41. The fourth-order valence-electron chi connectivity index (χ4n) is 2.71. The second-order valence-electron chi connectivity index (χ2n) is 5.76. The van der Waals surface area contributed by atoms with Crippen LogP contribution in [0.15, 0.2) is 35.5 Å². The number of carbonyl (C=O) groups is 1. The van der Waals surface area contributed by atoms with Gasteiger partial charge in [0.25, 0.3) is 5.91 Å². The molecule has 10 heteroatoms. The van der Waals surface area contributed by atoms with Gasteiger partial charge in [-0.1, -0.05) is 6.07 Å². The normalized spacial score (nSPS) is 20.0. The predicted molar refractivity (Wildman–Crippen MR) is 95.8 cm³/mol. The molecule has 2 aliphatic rings. The van der Waals surface area contributed by atoms with Crippen LogP contribution >= 0.6 is 23.3 Å². The third-order valence-corrected chi connectivity index (χ3v) is 5.84. The van der Waals surface area contributed by atoms with E-state index in [-0.39, 0.29) is 17.4 Å². The van der Waals surface area contributed by atoms with Gasteiger partial charge in [0.1, 0.15) is 34.5 Å². The number of anilines is 1. The minimum atomic E-state index is -0.822. The van der Waals surface area contributed by atoms with Gasteiger partial charge in [-0.25, -0.2) is 8.78 Å². The van der Waals surface area contributed by atoms with Crippen molar-refractivity contribution in [1.29, 1.82) is 0 Å². The van der Waals surface area contributed by atoms with E-state index in [9.17, 15) is 13.6 Å². The van der Waals surface area contributed by atoms with Gasteiger partial charge in [-0.05, 0) is 12.1 Å². The molecule has 136 valence electrons. The van der Waals surface area contributed by atoms with Gasteiger partial charge in [0.15, 0.2) is 0 Å². The van der Waals surface area contributed by atoms with Crippen LogP contribution in [-0.2, 0) is 4.79 Å². The highest BCUT2D eigenvalue weighted by atomic mass is 32.2. The molecule has 0 saturated carbocycles. The van der Waals surface area contributed by atoms with Crippen molar-refractivity contribution in [1.82, 2.24) is 9.69 Å². The fraction of sp³-hybridized carbons (Fsp3) is 0.250. The molecule has 1 unspecified atom stereocenters. The molecule has 6 nitrogen and oxygen atoms in total. The quantitative estimate of drug-likeness (QED) is 0.808. The lowest BCUT2D eigenvalue weighted by Gasteiger charge is -2.31. The summed E-state index contributed by atoms with van der Waals surface area (Å²) in [6, 6.07) is 3.66. The van der Waals surface area contributed by atoms with E-state index >= 15 is 0 Å². The number of ether oxygens (including phenoxy) is 1. The molecule has 0 aliphatic carbocycles. The van der Waals surface area contributed by atoms with Crippen molar-refractivity contribution in [3.05, 3.63) is 52.7 Å². The number of hydrogen-bond donors (Lipinski definition) is 2. The van der Waals surface area contributed by atoms with Crippen molar-refractivity contribution in [2.24, 2.45) is 5.73 Å². The average molecular weight is 396 g/mol. The Labute approximate surface area is 156 Å². The van der Waals surface area contributed by atoms with E-state index in [1.165, 1.54) is 34.7 Å². The molecular weight excluding hydrogens is 382 g/mol. The summed E-state index contributed by atoms with van der Waals surface area (Å²) in [6.07, 6.45) is 1.51. The van der Waals surface area contributed by atoms with Gasteiger partial charge >= 0.3 is 0 Å². The minimum Gasteiger partial charge on any atom is -0.475 e. The molecule has 1 aromatic carbocycles. The number of rotatable bonds is 5. The van der Waals surface area contributed by atoms with E-state index in [0.717, 1.165) is 23.3 Å². The van der Waals surface area contributed by atoms with E-state index in [1.807, 2.05) is 0 Å². The molecule has 1 fully saturated rings. The minimum absolute atomic E-state index is 0.00545. The van der Waals surface area contributed by atoms with Crippen LogP contribution in [0, 0.1) is 11.6 Å². The topological polar surface area (TPSA) is 80.5 Å². The summed E-state index contributed by atoms with van der Waals surface area (Å²) in [5.74, 6) is -2.08. The molecule has 0 spiro atoms. The molecule has 4 rings (SSSR count). The van der Waals surface area contributed by atoms with Gasteiger partial charge in [-0.2, -0.15) is 4.37 Å². The van der Waals surface area contributed by atoms with E-state index in [1.54, 1.807) is 0 Å². The number of nitrogens with zero attached hydrogens (tertiary/aromatic N) is 2. The van der Waals surface area contributed by atoms with Crippen LogP contribution in [0.2, 0.25) is 0 Å². The van der Waals surface area contributed by atoms with Crippen molar-refractivity contribution < 1.29 is 18.3 Å². The molecule has 2 aliphatic heterocycles. The Balaban J connectivity index is 1.75. The van der Waals surface area contributed by atoms with Gasteiger partial charge < -0.3 is 20.7 Å². The average Bonchev–Trinajstić information content (AvgIpc) is 3.17. The number of aromatic nitrogens is 1. The molecule has 3 heterocycles. The van der Waals surface area contributed by atoms with Gasteiger partial charge in [-0.3, -0.25) is 4.79 Å². The molecule has 1 amide bonds. The summed E-state index contributed by atoms with van der Waals surface area (Å²) in [4.78, 5) is 13.4. The van der Waals surface area contributed by atoms with E-state index in [4.69, 9.17) is 10.5 Å². The maximum absolute atomic E-state index is 14.3. The molecular formula is C16H14F2N4O2S2. The largest absolute Gasteiger partial charge is 0.475 e. The highest BCUT2D eigenvalue weighted by Gasteiger charge is 2.38. The molecule has 1 aromatic heterocycles. The second kappa shape index (κ2) is 6.86. The fourth-order valence-corrected chi connectivity index (χ4v) is 4.58. The zero-order chi connectivity index (χ0) is 18.3. The van der Waals surface area contributed by atoms with Crippen molar-refractivity contribution in [3.8, 4) is 5.06 Å². The van der Waals surface area contributed by atoms with E-state index < -0.39 is 22.9 Å². The molecule has 1 saturated heterocycles. The van der Waals surface area contributed by atoms with Gasteiger partial charge in [0.2, 0.25) is 5.06 Å². The van der Waals surface area contributed by atoms with E-state index in [2.05, 4.69) is 9.69 Å². The van der Waals surface area contributed by atoms with Crippen LogP contribution < -0.4 is 20.7 Å². The zero-order valence-electron chi connectivity index (χ0n) is 13.3. The molecule has 0 bridgehead atoms. The van der Waals surface area contributed by atoms with Gasteiger partial charge in [0.05, 0.1) is 11.8 Å². The number of hydrogen-bond acceptors (Lipinski definition) is 7. The smallest absolute Gasteiger partial charge is 0.265 e. The first-order chi connectivity index (χ1) is 12.6. The molecule has 26 heavy (non-hydrogen) atoms. The van der Waals surface area contributed by atoms with Crippen LogP contribution in [0.5, 0.6) is 5.06 Å². The molecule has 0 radical (unpaired) electrons. The third-order valence-electron chi connectivity index (χ3n) is 4.10. The van der Waals surface area contributed by atoms with Crippen LogP contribution in [0.1, 0.15) is 10.9 Å². The number of nitrogens with one attached hydrogen (secondary N) is 1. The Morgan fingerprint density at radius 1 is 1.35 bits per heavy atom. The lowest BCUT2D eigenvalue weighted by molar-refractivity contribution is -0.114. The van der Waals surface area contributed by atoms with Crippen molar-refractivity contribution in [2.75, 3.05) is 18.0 Å². The maximum Gasteiger partial charge on any atom is 0.265 e. The number of benzene rings is 1. The van der Waals surface area contributed by atoms with Crippen molar-refractivity contribution >= 4 is 34.9 Å². The van der Waals surface area contributed by atoms with Crippen molar-refractivity contribution in [3.63, 3.8) is 0 Å². The van der Waals surface area contributed by atoms with Crippen molar-refractivity contribution in [2.45, 2.75) is 11.5 Å². The summed E-state index contributed by atoms with van der Waals surface area (Å²) in [5, 5.41) is 4.26. The third kappa shape index (κ3) is 2.93. The molecule has 3 N–H and O–H groups in total. The van der Waals surface area contributed by atoms with Gasteiger partial charge in [0, 0.05) is 30.0 Å². The lowest BCUT2D eigenvalue weighted by Crippen LogP contribution is -2.50. The van der Waals surface area contributed by atoms with Crippen LogP contribution in [0.3, 0.4) is 0 Å². The Morgan fingerprint density at radius 3 is 2.69 bits per heavy atom. The van der Waals surface area contributed by atoms with Gasteiger partial charge in [-0.15, -0.1) is 11.8 Å². The lowest BCUT2D eigenvalue weighted by atomic mass is 10.1. The second-order valence-corrected chi connectivity index (χ2v) is 7.48. The number of primary amides is 1. The maximum atomic E-state index is 14.3. The highest BCUT2D eigenvalue weighted by Crippen LogP contribution is 2.50. The van der Waals surface area contributed by atoms with Crippen LogP contribution in [0.25, 0.3) is 0 Å². The Hall–Kier alpha value is -2.17. The van der Waals surface area contributed by atoms with Crippen LogP contribution in [-0.4, -0.2) is 29.5 Å². The predicted octanol–water partition coefficient (Wildman–Crippen LogP) is 2.35. The first-order valence-corrected chi connectivity index (χ1v) is 9.48. The standard InChI is InChI=1S/C16H14F2N4O2S2/c17-9-2-1-3-10(18)13(9)15-22(12(7-25-15)14(19)23)11-6-21-26-16(11)24-8-4-20-5-8/h1-3,6-8,15,20H,4-5H2,(H2,19,23). The van der Waals surface area contributed by atoms with E-state index in [0.29, 0.717) is 23.8 Å². The Morgan fingerprint density at radius 2 is 2.08 bits per heavy atom. The number of nitrogens with two attached hydrogens (primary N) is 1. The summed E-state index contributed by atoms with van der Waals surface area (Å²) in [7, 11) is 0. The first-order valence-electron chi connectivity index (χ1n) is 7.77. The first kappa shape index (κ1) is 17.3. The summed E-state index contributed by atoms with van der Waals surface area (Å²) >= 11 is 2.22. The monoisotopic (exact) mass is 396 g/mol. The SMILES string of the molecule is NC(=O)C1=CSC(c2c(F)cccc2F)N1c1cnsc1OC1CNC1. The summed E-state index contributed by atoms with van der Waals surface area (Å²) < 4.78 is 38.7. The highest BCUT2D eigenvalue weighted by molar-refractivity contribution is 8.02. The number of carbonyl (C=O) groups excluding carboxylic acids is 1. The molecule has 1 atom stereocenters. The number of amides is 1. The summed E-state index contributed by atoms with van der Waals surface area (Å²) in [5.41, 5.74) is 5.94.